The lowest BCUT2D eigenvalue weighted by Crippen LogP contribution is -2.17. The number of benzene rings is 9. The standard InChI is InChI=1S/C55H39NS/c1-55(2)49-23-13-11-21-45(49)46-28-27-42(35-50(46)55)56(43-32-40(36-15-5-3-6-16-36)31-41(33-43)37-17-7-4-8-18-37)51-29-25-38-19-9-10-20-44(38)54(51)39-26-30-53-48(34-39)47-22-12-14-24-52(47)57-53/h3-35H,1-2H3. The maximum atomic E-state index is 2.52. The van der Waals surface area contributed by atoms with E-state index in [1.165, 1.54) is 86.6 Å². The number of anilines is 3. The number of thiophene rings is 1. The van der Waals surface area contributed by atoms with Crippen LogP contribution in [0, 0.1) is 0 Å². The van der Waals surface area contributed by atoms with Crippen LogP contribution in [0.1, 0.15) is 25.0 Å². The summed E-state index contributed by atoms with van der Waals surface area (Å²) in [5.74, 6) is 0. The molecular weight excluding hydrogens is 707 g/mol. The van der Waals surface area contributed by atoms with Gasteiger partial charge >= 0.3 is 0 Å². The second kappa shape index (κ2) is 13.2. The molecule has 11 rings (SSSR count). The summed E-state index contributed by atoms with van der Waals surface area (Å²) in [6.07, 6.45) is 0. The van der Waals surface area contributed by atoms with Gasteiger partial charge in [0.2, 0.25) is 0 Å². The van der Waals surface area contributed by atoms with Gasteiger partial charge in [-0.3, -0.25) is 0 Å². The Morgan fingerprint density at radius 2 is 1.02 bits per heavy atom. The van der Waals surface area contributed by atoms with Crippen LogP contribution in [0.4, 0.5) is 17.1 Å². The topological polar surface area (TPSA) is 3.24 Å². The van der Waals surface area contributed by atoms with Crippen LogP contribution in [-0.4, -0.2) is 0 Å². The molecule has 9 aromatic carbocycles. The van der Waals surface area contributed by atoms with Gasteiger partial charge in [0, 0.05) is 42.5 Å². The van der Waals surface area contributed by atoms with Crippen molar-refractivity contribution in [1.29, 1.82) is 0 Å². The van der Waals surface area contributed by atoms with E-state index in [9.17, 15) is 0 Å². The predicted octanol–water partition coefficient (Wildman–Crippen LogP) is 16.0. The fraction of sp³-hybridized carbons (Fsp3) is 0.0545. The molecule has 57 heavy (non-hydrogen) atoms. The van der Waals surface area contributed by atoms with Crippen LogP contribution in [0.2, 0.25) is 0 Å². The first-order valence-corrected chi connectivity index (χ1v) is 20.6. The van der Waals surface area contributed by atoms with Crippen LogP contribution >= 0.6 is 11.3 Å². The van der Waals surface area contributed by atoms with Crippen LogP contribution in [0.25, 0.3) is 75.5 Å². The number of fused-ring (bicyclic) bond motifs is 7. The average Bonchev–Trinajstić information content (AvgIpc) is 3.75. The Hall–Kier alpha value is -6.74. The molecule has 1 aliphatic carbocycles. The van der Waals surface area contributed by atoms with Crippen molar-refractivity contribution in [3.05, 3.63) is 211 Å². The summed E-state index contributed by atoms with van der Waals surface area (Å²) < 4.78 is 2.62. The number of rotatable bonds is 6. The molecular formula is C55H39NS. The number of hydrogen-bond acceptors (Lipinski definition) is 2. The lowest BCUT2D eigenvalue weighted by Gasteiger charge is -2.31. The number of nitrogens with zero attached hydrogens (tertiary/aromatic N) is 1. The van der Waals surface area contributed by atoms with E-state index in [4.69, 9.17) is 0 Å². The molecule has 1 aliphatic rings. The SMILES string of the molecule is CC1(C)c2ccccc2-c2ccc(N(c3cc(-c4ccccc4)cc(-c4ccccc4)c3)c3ccc4ccccc4c3-c3ccc4sc5ccccc5c4c3)cc21. The van der Waals surface area contributed by atoms with E-state index in [-0.39, 0.29) is 5.41 Å². The summed E-state index contributed by atoms with van der Waals surface area (Å²) in [4.78, 5) is 2.52. The fourth-order valence-electron chi connectivity index (χ4n) is 9.22. The molecule has 10 aromatic rings. The van der Waals surface area contributed by atoms with E-state index in [2.05, 4.69) is 219 Å². The Morgan fingerprint density at radius 1 is 0.386 bits per heavy atom. The van der Waals surface area contributed by atoms with Gasteiger partial charge in [-0.25, -0.2) is 0 Å². The van der Waals surface area contributed by atoms with E-state index in [0.717, 1.165) is 17.1 Å². The largest absolute Gasteiger partial charge is 0.310 e. The van der Waals surface area contributed by atoms with Gasteiger partial charge in [0.05, 0.1) is 5.69 Å². The third-order valence-corrected chi connectivity index (χ3v) is 13.2. The first-order valence-electron chi connectivity index (χ1n) is 19.8. The molecule has 0 saturated carbocycles. The molecule has 0 N–H and O–H groups in total. The van der Waals surface area contributed by atoms with Crippen molar-refractivity contribution in [2.45, 2.75) is 19.3 Å². The van der Waals surface area contributed by atoms with E-state index in [1.807, 2.05) is 11.3 Å². The molecule has 0 saturated heterocycles. The van der Waals surface area contributed by atoms with Crippen molar-refractivity contribution in [3.8, 4) is 44.5 Å². The molecule has 0 atom stereocenters. The molecule has 0 aliphatic heterocycles. The molecule has 0 unspecified atom stereocenters. The molecule has 0 bridgehead atoms. The second-order valence-corrected chi connectivity index (χ2v) is 16.8. The Morgan fingerprint density at radius 3 is 1.79 bits per heavy atom. The summed E-state index contributed by atoms with van der Waals surface area (Å²) in [6.45, 7) is 4.74. The second-order valence-electron chi connectivity index (χ2n) is 15.7. The van der Waals surface area contributed by atoms with Crippen molar-refractivity contribution in [2.75, 3.05) is 4.90 Å². The van der Waals surface area contributed by atoms with Crippen molar-refractivity contribution in [1.82, 2.24) is 0 Å². The molecule has 1 nitrogen and oxygen atoms in total. The summed E-state index contributed by atoms with van der Waals surface area (Å²) in [6, 6.07) is 74.1. The van der Waals surface area contributed by atoms with Gasteiger partial charge in [-0.1, -0.05) is 159 Å². The summed E-state index contributed by atoms with van der Waals surface area (Å²) >= 11 is 1.87. The lowest BCUT2D eigenvalue weighted by atomic mass is 9.82. The Kier molecular flexibility index (Phi) is 7.77. The van der Waals surface area contributed by atoms with Crippen LogP contribution in [-0.2, 0) is 5.41 Å². The monoisotopic (exact) mass is 745 g/mol. The summed E-state index contributed by atoms with van der Waals surface area (Å²) in [5, 5.41) is 5.06. The average molecular weight is 746 g/mol. The van der Waals surface area contributed by atoms with Gasteiger partial charge in [-0.2, -0.15) is 0 Å². The van der Waals surface area contributed by atoms with Gasteiger partial charge in [0.15, 0.2) is 0 Å². The zero-order valence-electron chi connectivity index (χ0n) is 31.9. The Bertz CT molecular complexity index is 3100. The highest BCUT2D eigenvalue weighted by atomic mass is 32.1. The third kappa shape index (κ3) is 5.51. The van der Waals surface area contributed by atoms with Gasteiger partial charge in [0.1, 0.15) is 0 Å². The quantitative estimate of drug-likeness (QED) is 0.164. The van der Waals surface area contributed by atoms with Gasteiger partial charge in [0.25, 0.3) is 0 Å². The molecule has 0 fully saturated rings. The number of hydrogen-bond donors (Lipinski definition) is 0. The van der Waals surface area contributed by atoms with Gasteiger partial charge in [-0.15, -0.1) is 11.3 Å². The molecule has 270 valence electrons. The maximum absolute atomic E-state index is 2.52. The first kappa shape index (κ1) is 33.6. The minimum Gasteiger partial charge on any atom is -0.310 e. The highest BCUT2D eigenvalue weighted by Crippen LogP contribution is 2.52. The summed E-state index contributed by atoms with van der Waals surface area (Å²) in [5.41, 5.74) is 15.8. The minimum atomic E-state index is -0.147. The molecule has 0 spiro atoms. The van der Waals surface area contributed by atoms with E-state index in [0.29, 0.717) is 0 Å². The van der Waals surface area contributed by atoms with Crippen LogP contribution in [0.5, 0.6) is 0 Å². The first-order chi connectivity index (χ1) is 28.0. The van der Waals surface area contributed by atoms with E-state index < -0.39 is 0 Å². The summed E-state index contributed by atoms with van der Waals surface area (Å²) in [7, 11) is 0. The minimum absolute atomic E-state index is 0.147. The smallest absolute Gasteiger partial charge is 0.0546 e. The molecule has 2 heteroatoms. The van der Waals surface area contributed by atoms with Crippen LogP contribution in [0.3, 0.4) is 0 Å². The van der Waals surface area contributed by atoms with Crippen molar-refractivity contribution < 1.29 is 0 Å². The predicted molar refractivity (Wildman–Crippen MR) is 245 cm³/mol. The highest BCUT2D eigenvalue weighted by Gasteiger charge is 2.36. The van der Waals surface area contributed by atoms with Gasteiger partial charge < -0.3 is 4.90 Å². The zero-order chi connectivity index (χ0) is 38.1. The van der Waals surface area contributed by atoms with Gasteiger partial charge in [-0.05, 0) is 115 Å². The Labute approximate surface area is 337 Å². The molecule has 0 amide bonds. The van der Waals surface area contributed by atoms with Crippen molar-refractivity contribution >= 4 is 59.3 Å². The van der Waals surface area contributed by atoms with Crippen LogP contribution in [0.15, 0.2) is 200 Å². The fourth-order valence-corrected chi connectivity index (χ4v) is 10.3. The van der Waals surface area contributed by atoms with E-state index >= 15 is 0 Å². The zero-order valence-corrected chi connectivity index (χ0v) is 32.7. The normalized spacial score (nSPS) is 12.9. The Balaban J connectivity index is 1.22. The van der Waals surface area contributed by atoms with E-state index in [1.54, 1.807) is 0 Å². The maximum Gasteiger partial charge on any atom is 0.0546 e. The van der Waals surface area contributed by atoms with Crippen molar-refractivity contribution in [2.24, 2.45) is 0 Å². The molecule has 1 aromatic heterocycles. The highest BCUT2D eigenvalue weighted by molar-refractivity contribution is 7.25. The van der Waals surface area contributed by atoms with Crippen LogP contribution < -0.4 is 4.90 Å². The third-order valence-electron chi connectivity index (χ3n) is 12.0. The van der Waals surface area contributed by atoms with Crippen molar-refractivity contribution in [3.63, 3.8) is 0 Å². The lowest BCUT2D eigenvalue weighted by molar-refractivity contribution is 0.660. The molecule has 1 heterocycles. The molecule has 0 radical (unpaired) electrons.